The summed E-state index contributed by atoms with van der Waals surface area (Å²) in [6.45, 7) is 5.17. The minimum absolute atomic E-state index is 0.393. The van der Waals surface area contributed by atoms with E-state index in [-0.39, 0.29) is 0 Å². The second-order valence-corrected chi connectivity index (χ2v) is 5.83. The molecule has 0 aromatic carbocycles. The van der Waals surface area contributed by atoms with Crippen LogP contribution in [0.5, 0.6) is 6.01 Å². The number of rotatable bonds is 9. The van der Waals surface area contributed by atoms with Gasteiger partial charge < -0.3 is 15.0 Å². The molecule has 0 bridgehead atoms. The Bertz CT molecular complexity index is 435. The average molecular weight is 307 g/mol. The Morgan fingerprint density at radius 2 is 1.77 bits per heavy atom. The maximum absolute atomic E-state index is 5.22. The quantitative estimate of drug-likeness (QED) is 0.707. The predicted molar refractivity (Wildman–Crippen MR) is 89.7 cm³/mol. The van der Waals surface area contributed by atoms with Gasteiger partial charge in [0, 0.05) is 19.6 Å². The highest BCUT2D eigenvalue weighted by Gasteiger charge is 2.16. The van der Waals surface area contributed by atoms with Crippen molar-refractivity contribution in [1.82, 2.24) is 15.0 Å². The first kappa shape index (κ1) is 16.8. The Hall–Kier alpha value is -1.59. The van der Waals surface area contributed by atoms with Crippen molar-refractivity contribution >= 4 is 11.9 Å². The van der Waals surface area contributed by atoms with Crippen molar-refractivity contribution in [3.05, 3.63) is 0 Å². The largest absolute Gasteiger partial charge is 0.467 e. The fourth-order valence-electron chi connectivity index (χ4n) is 2.68. The van der Waals surface area contributed by atoms with E-state index in [1.54, 1.807) is 7.11 Å². The van der Waals surface area contributed by atoms with E-state index in [0.29, 0.717) is 12.0 Å². The van der Waals surface area contributed by atoms with Crippen LogP contribution in [-0.2, 0) is 0 Å². The molecule has 6 heteroatoms. The van der Waals surface area contributed by atoms with Crippen LogP contribution < -0.4 is 15.0 Å². The van der Waals surface area contributed by atoms with Gasteiger partial charge in [0.2, 0.25) is 11.9 Å². The average Bonchev–Trinajstić information content (AvgIpc) is 2.58. The van der Waals surface area contributed by atoms with Crippen LogP contribution in [0.15, 0.2) is 0 Å². The fourth-order valence-corrected chi connectivity index (χ4v) is 2.68. The molecule has 124 valence electrons. The number of nitrogens with zero attached hydrogens (tertiary/aromatic N) is 4. The van der Waals surface area contributed by atoms with Crippen molar-refractivity contribution < 1.29 is 4.74 Å². The van der Waals surface area contributed by atoms with E-state index in [1.165, 1.54) is 44.9 Å². The van der Waals surface area contributed by atoms with Crippen molar-refractivity contribution in [1.29, 1.82) is 0 Å². The first-order chi connectivity index (χ1) is 10.8. The molecule has 1 fully saturated rings. The topological polar surface area (TPSA) is 63.2 Å². The van der Waals surface area contributed by atoms with Crippen LogP contribution in [0.1, 0.15) is 58.3 Å². The summed E-state index contributed by atoms with van der Waals surface area (Å²) in [5, 5.41) is 3.31. The Morgan fingerprint density at radius 3 is 2.50 bits per heavy atom. The van der Waals surface area contributed by atoms with E-state index in [4.69, 9.17) is 4.74 Å². The van der Waals surface area contributed by atoms with Gasteiger partial charge in [0.25, 0.3) is 0 Å². The number of nitrogens with one attached hydrogen (secondary N) is 1. The second-order valence-electron chi connectivity index (χ2n) is 5.83. The van der Waals surface area contributed by atoms with E-state index in [0.717, 1.165) is 32.0 Å². The van der Waals surface area contributed by atoms with Crippen LogP contribution in [0.3, 0.4) is 0 Å². The highest BCUT2D eigenvalue weighted by molar-refractivity contribution is 5.38. The number of anilines is 2. The molecule has 2 rings (SSSR count). The van der Waals surface area contributed by atoms with Crippen LogP contribution in [0, 0.1) is 0 Å². The third-order valence-electron chi connectivity index (χ3n) is 3.99. The SMILES string of the molecule is CCCCCCCNc1nc(OC)nc(N2CCCCC2)n1. The molecule has 6 nitrogen and oxygen atoms in total. The van der Waals surface area contributed by atoms with Crippen LogP contribution in [0.4, 0.5) is 11.9 Å². The van der Waals surface area contributed by atoms with Crippen LogP contribution in [0.25, 0.3) is 0 Å². The van der Waals surface area contributed by atoms with Gasteiger partial charge in [0.1, 0.15) is 0 Å². The van der Waals surface area contributed by atoms with Gasteiger partial charge in [-0.05, 0) is 25.7 Å². The minimum atomic E-state index is 0.393. The Balaban J connectivity index is 1.89. The summed E-state index contributed by atoms with van der Waals surface area (Å²) in [6.07, 6.45) is 9.99. The number of hydrogen-bond donors (Lipinski definition) is 1. The zero-order valence-electron chi connectivity index (χ0n) is 14.0. The summed E-state index contributed by atoms with van der Waals surface area (Å²) in [5.74, 6) is 1.36. The monoisotopic (exact) mass is 307 g/mol. The Kier molecular flexibility index (Phi) is 7.19. The molecule has 0 amide bonds. The zero-order valence-corrected chi connectivity index (χ0v) is 14.0. The lowest BCUT2D eigenvalue weighted by atomic mass is 10.1. The Morgan fingerprint density at radius 1 is 1.00 bits per heavy atom. The first-order valence-electron chi connectivity index (χ1n) is 8.62. The lowest BCUT2D eigenvalue weighted by molar-refractivity contribution is 0.378. The van der Waals surface area contributed by atoms with Crippen molar-refractivity contribution in [2.24, 2.45) is 0 Å². The van der Waals surface area contributed by atoms with Gasteiger partial charge >= 0.3 is 6.01 Å². The molecule has 2 heterocycles. The zero-order chi connectivity index (χ0) is 15.6. The van der Waals surface area contributed by atoms with Gasteiger partial charge in [-0.2, -0.15) is 15.0 Å². The van der Waals surface area contributed by atoms with Crippen LogP contribution >= 0.6 is 0 Å². The molecule has 0 saturated carbocycles. The molecule has 1 saturated heterocycles. The molecule has 1 aromatic heterocycles. The highest BCUT2D eigenvalue weighted by atomic mass is 16.5. The summed E-state index contributed by atoms with van der Waals surface area (Å²) >= 11 is 0. The van der Waals surface area contributed by atoms with Gasteiger partial charge in [-0.15, -0.1) is 0 Å². The molecule has 0 aliphatic carbocycles. The van der Waals surface area contributed by atoms with Gasteiger partial charge in [0.05, 0.1) is 7.11 Å². The third-order valence-corrected chi connectivity index (χ3v) is 3.99. The normalized spacial score (nSPS) is 14.9. The van der Waals surface area contributed by atoms with Crippen molar-refractivity contribution in [3.8, 4) is 6.01 Å². The van der Waals surface area contributed by atoms with E-state index in [9.17, 15) is 0 Å². The second kappa shape index (κ2) is 9.43. The molecule has 0 unspecified atom stereocenters. The molecule has 1 aliphatic rings. The Labute approximate surface area is 133 Å². The van der Waals surface area contributed by atoms with Crippen LogP contribution in [-0.4, -0.2) is 41.7 Å². The number of aromatic nitrogens is 3. The number of hydrogen-bond acceptors (Lipinski definition) is 6. The van der Waals surface area contributed by atoms with Crippen molar-refractivity contribution in [2.75, 3.05) is 37.0 Å². The lowest BCUT2D eigenvalue weighted by Crippen LogP contribution is -2.31. The van der Waals surface area contributed by atoms with Crippen molar-refractivity contribution in [2.45, 2.75) is 58.3 Å². The molecule has 1 aliphatic heterocycles. The standard InChI is InChI=1S/C16H29N5O/c1-3-4-5-6-8-11-17-14-18-15(20-16(19-14)22-2)21-12-9-7-10-13-21/h3-13H2,1-2H3,(H,17,18,19,20). The van der Waals surface area contributed by atoms with E-state index in [2.05, 4.69) is 32.1 Å². The number of methoxy groups -OCH3 is 1. The number of piperidine rings is 1. The van der Waals surface area contributed by atoms with Gasteiger partial charge in [-0.1, -0.05) is 32.6 Å². The van der Waals surface area contributed by atoms with Gasteiger partial charge in [-0.25, -0.2) is 0 Å². The van der Waals surface area contributed by atoms with E-state index in [1.807, 2.05) is 0 Å². The first-order valence-corrected chi connectivity index (χ1v) is 8.62. The number of unbranched alkanes of at least 4 members (excludes halogenated alkanes) is 4. The maximum Gasteiger partial charge on any atom is 0.322 e. The lowest BCUT2D eigenvalue weighted by Gasteiger charge is -2.26. The molecule has 0 radical (unpaired) electrons. The molecule has 0 spiro atoms. The van der Waals surface area contributed by atoms with E-state index < -0.39 is 0 Å². The fraction of sp³-hybridized carbons (Fsp3) is 0.812. The third kappa shape index (κ3) is 5.31. The molecular weight excluding hydrogens is 278 g/mol. The summed E-state index contributed by atoms with van der Waals surface area (Å²) in [7, 11) is 1.60. The molecule has 22 heavy (non-hydrogen) atoms. The maximum atomic E-state index is 5.22. The summed E-state index contributed by atoms with van der Waals surface area (Å²) in [4.78, 5) is 15.5. The highest BCUT2D eigenvalue weighted by Crippen LogP contribution is 2.19. The van der Waals surface area contributed by atoms with Gasteiger partial charge in [0.15, 0.2) is 0 Å². The molecule has 0 atom stereocenters. The predicted octanol–water partition coefficient (Wildman–Crippen LogP) is 3.25. The summed E-state index contributed by atoms with van der Waals surface area (Å²) in [5.41, 5.74) is 0. The number of ether oxygens (including phenoxy) is 1. The molecular formula is C16H29N5O. The van der Waals surface area contributed by atoms with Crippen molar-refractivity contribution in [3.63, 3.8) is 0 Å². The molecule has 1 N–H and O–H groups in total. The minimum Gasteiger partial charge on any atom is -0.467 e. The smallest absolute Gasteiger partial charge is 0.322 e. The van der Waals surface area contributed by atoms with Crippen LogP contribution in [0.2, 0.25) is 0 Å². The summed E-state index contributed by atoms with van der Waals surface area (Å²) in [6, 6.07) is 0.393. The van der Waals surface area contributed by atoms with E-state index >= 15 is 0 Å². The summed E-state index contributed by atoms with van der Waals surface area (Å²) < 4.78 is 5.22. The van der Waals surface area contributed by atoms with Gasteiger partial charge in [-0.3, -0.25) is 0 Å². The molecule has 1 aromatic rings.